The SMILES string of the molecule is O=C(OCc1ccc(S(=O)(=O)c2ccccc2)cc1)C(c1ccccc1)c1ccccc1. The summed E-state index contributed by atoms with van der Waals surface area (Å²) in [6.07, 6.45) is 0. The maximum atomic E-state index is 13.0. The number of rotatable bonds is 7. The van der Waals surface area contributed by atoms with Gasteiger partial charge in [-0.25, -0.2) is 8.42 Å². The van der Waals surface area contributed by atoms with Crippen LogP contribution in [0.25, 0.3) is 0 Å². The Kier molecular flexibility index (Phi) is 6.47. The summed E-state index contributed by atoms with van der Waals surface area (Å²) >= 11 is 0. The first-order chi connectivity index (χ1) is 15.6. The monoisotopic (exact) mass is 442 g/mol. The van der Waals surface area contributed by atoms with Crippen molar-refractivity contribution in [2.24, 2.45) is 0 Å². The number of esters is 1. The zero-order valence-electron chi connectivity index (χ0n) is 17.3. The van der Waals surface area contributed by atoms with E-state index in [0.717, 1.165) is 11.1 Å². The van der Waals surface area contributed by atoms with Crippen molar-refractivity contribution in [3.8, 4) is 0 Å². The number of sulfone groups is 1. The van der Waals surface area contributed by atoms with Gasteiger partial charge in [-0.1, -0.05) is 91.0 Å². The van der Waals surface area contributed by atoms with Crippen LogP contribution in [0.2, 0.25) is 0 Å². The molecule has 0 aromatic heterocycles. The van der Waals surface area contributed by atoms with Gasteiger partial charge in [0.25, 0.3) is 0 Å². The molecule has 4 aromatic rings. The zero-order chi connectivity index (χ0) is 22.4. The Hall–Kier alpha value is -3.70. The average Bonchev–Trinajstić information content (AvgIpc) is 2.85. The Labute approximate surface area is 188 Å². The molecule has 4 aromatic carbocycles. The van der Waals surface area contributed by atoms with Crippen LogP contribution >= 0.6 is 0 Å². The van der Waals surface area contributed by atoms with Crippen molar-refractivity contribution in [1.29, 1.82) is 0 Å². The first kappa shape index (κ1) is 21.5. The van der Waals surface area contributed by atoms with Crippen molar-refractivity contribution in [3.05, 3.63) is 132 Å². The van der Waals surface area contributed by atoms with Crippen molar-refractivity contribution in [1.82, 2.24) is 0 Å². The Morgan fingerprint density at radius 3 is 1.56 bits per heavy atom. The molecule has 4 rings (SSSR count). The van der Waals surface area contributed by atoms with Crippen LogP contribution < -0.4 is 0 Å². The maximum absolute atomic E-state index is 13.0. The second-order valence-electron chi connectivity index (χ2n) is 7.32. The summed E-state index contributed by atoms with van der Waals surface area (Å²) in [6.45, 7) is 0.0562. The first-order valence-corrected chi connectivity index (χ1v) is 11.7. The van der Waals surface area contributed by atoms with E-state index in [2.05, 4.69) is 0 Å². The van der Waals surface area contributed by atoms with Gasteiger partial charge >= 0.3 is 5.97 Å². The highest BCUT2D eigenvalue weighted by Crippen LogP contribution is 2.27. The van der Waals surface area contributed by atoms with Crippen LogP contribution in [0.15, 0.2) is 125 Å². The van der Waals surface area contributed by atoms with E-state index in [9.17, 15) is 13.2 Å². The minimum absolute atomic E-state index is 0.0562. The molecule has 0 aliphatic rings. The smallest absolute Gasteiger partial charge is 0.318 e. The predicted molar refractivity (Wildman–Crippen MR) is 123 cm³/mol. The number of ether oxygens (including phenoxy) is 1. The molecule has 0 amide bonds. The lowest BCUT2D eigenvalue weighted by Crippen LogP contribution is -2.17. The molecule has 0 aliphatic heterocycles. The fourth-order valence-corrected chi connectivity index (χ4v) is 4.78. The summed E-state index contributed by atoms with van der Waals surface area (Å²) in [4.78, 5) is 13.5. The summed E-state index contributed by atoms with van der Waals surface area (Å²) in [7, 11) is -3.58. The minimum atomic E-state index is -3.58. The molecule has 0 saturated carbocycles. The fraction of sp³-hybridized carbons (Fsp3) is 0.0741. The van der Waals surface area contributed by atoms with E-state index in [1.165, 1.54) is 12.1 Å². The van der Waals surface area contributed by atoms with Gasteiger partial charge in [-0.05, 0) is 41.0 Å². The van der Waals surface area contributed by atoms with Gasteiger partial charge in [0, 0.05) is 0 Å². The topological polar surface area (TPSA) is 60.4 Å². The fourth-order valence-electron chi connectivity index (χ4n) is 3.49. The number of carbonyl (C=O) groups is 1. The minimum Gasteiger partial charge on any atom is -0.460 e. The highest BCUT2D eigenvalue weighted by Gasteiger charge is 2.24. The zero-order valence-corrected chi connectivity index (χ0v) is 18.1. The quantitative estimate of drug-likeness (QED) is 0.360. The van der Waals surface area contributed by atoms with Crippen molar-refractivity contribution in [2.45, 2.75) is 22.3 Å². The van der Waals surface area contributed by atoms with Crippen LogP contribution in [0, 0.1) is 0 Å². The van der Waals surface area contributed by atoms with Gasteiger partial charge in [0.2, 0.25) is 9.84 Å². The Balaban J connectivity index is 1.49. The predicted octanol–water partition coefficient (Wildman–Crippen LogP) is 5.39. The molecule has 5 heteroatoms. The van der Waals surface area contributed by atoms with E-state index >= 15 is 0 Å². The van der Waals surface area contributed by atoms with Crippen LogP contribution in [0.5, 0.6) is 0 Å². The molecule has 0 spiro atoms. The third-order valence-corrected chi connectivity index (χ3v) is 6.96. The Morgan fingerprint density at radius 1 is 0.625 bits per heavy atom. The molecule has 32 heavy (non-hydrogen) atoms. The van der Waals surface area contributed by atoms with Gasteiger partial charge in [-0.2, -0.15) is 0 Å². The van der Waals surface area contributed by atoms with Gasteiger partial charge < -0.3 is 4.74 Å². The van der Waals surface area contributed by atoms with Crippen LogP contribution in [-0.4, -0.2) is 14.4 Å². The van der Waals surface area contributed by atoms with E-state index in [-0.39, 0.29) is 22.4 Å². The maximum Gasteiger partial charge on any atom is 0.318 e. The van der Waals surface area contributed by atoms with Crippen LogP contribution in [0.3, 0.4) is 0 Å². The molecule has 0 saturated heterocycles. The Morgan fingerprint density at radius 2 is 1.06 bits per heavy atom. The number of benzene rings is 4. The van der Waals surface area contributed by atoms with E-state index in [4.69, 9.17) is 4.74 Å². The average molecular weight is 443 g/mol. The lowest BCUT2D eigenvalue weighted by atomic mass is 9.91. The van der Waals surface area contributed by atoms with E-state index in [1.807, 2.05) is 60.7 Å². The summed E-state index contributed by atoms with van der Waals surface area (Å²) in [5.41, 5.74) is 2.42. The third kappa shape index (κ3) is 4.79. The molecule has 0 aliphatic carbocycles. The highest BCUT2D eigenvalue weighted by atomic mass is 32.2. The van der Waals surface area contributed by atoms with E-state index < -0.39 is 15.8 Å². The van der Waals surface area contributed by atoms with Gasteiger partial charge in [0.05, 0.1) is 9.79 Å². The molecule has 0 unspecified atom stereocenters. The number of hydrogen-bond donors (Lipinski definition) is 0. The van der Waals surface area contributed by atoms with Crippen molar-refractivity contribution < 1.29 is 17.9 Å². The summed E-state index contributed by atoms with van der Waals surface area (Å²) in [5, 5.41) is 0. The molecule has 4 nitrogen and oxygen atoms in total. The van der Waals surface area contributed by atoms with Crippen LogP contribution in [-0.2, 0) is 26.0 Å². The second-order valence-corrected chi connectivity index (χ2v) is 9.27. The standard InChI is InChI=1S/C27H22O4S/c28-27(26(22-10-4-1-5-11-22)23-12-6-2-7-13-23)31-20-21-16-18-25(19-17-21)32(29,30)24-14-8-3-9-15-24/h1-19,26H,20H2. The highest BCUT2D eigenvalue weighted by molar-refractivity contribution is 7.91. The number of hydrogen-bond acceptors (Lipinski definition) is 4. The molecular formula is C27H22O4S. The van der Waals surface area contributed by atoms with Crippen molar-refractivity contribution in [2.75, 3.05) is 0 Å². The molecule has 0 bridgehead atoms. The molecule has 0 fully saturated rings. The molecule has 0 atom stereocenters. The second kappa shape index (κ2) is 9.62. The first-order valence-electron chi connectivity index (χ1n) is 10.2. The van der Waals surface area contributed by atoms with Crippen molar-refractivity contribution in [3.63, 3.8) is 0 Å². The molecule has 0 heterocycles. The third-order valence-electron chi connectivity index (χ3n) is 5.17. The van der Waals surface area contributed by atoms with Gasteiger partial charge in [-0.15, -0.1) is 0 Å². The molecular weight excluding hydrogens is 420 g/mol. The van der Waals surface area contributed by atoms with Crippen molar-refractivity contribution >= 4 is 15.8 Å². The lowest BCUT2D eigenvalue weighted by molar-refractivity contribution is -0.145. The van der Waals surface area contributed by atoms with Gasteiger partial charge in [0.15, 0.2) is 0 Å². The normalized spacial score (nSPS) is 11.3. The summed E-state index contributed by atoms with van der Waals surface area (Å²) in [5.74, 6) is -0.890. The number of carbonyl (C=O) groups excluding carboxylic acids is 1. The van der Waals surface area contributed by atoms with E-state index in [0.29, 0.717) is 5.56 Å². The van der Waals surface area contributed by atoms with E-state index in [1.54, 1.807) is 42.5 Å². The van der Waals surface area contributed by atoms with Crippen LogP contribution in [0.1, 0.15) is 22.6 Å². The van der Waals surface area contributed by atoms with Crippen LogP contribution in [0.4, 0.5) is 0 Å². The Bertz CT molecular complexity index is 1230. The lowest BCUT2D eigenvalue weighted by Gasteiger charge is -2.17. The largest absolute Gasteiger partial charge is 0.460 e. The molecule has 0 radical (unpaired) electrons. The van der Waals surface area contributed by atoms with Gasteiger partial charge in [0.1, 0.15) is 12.5 Å². The van der Waals surface area contributed by atoms with Gasteiger partial charge in [-0.3, -0.25) is 4.79 Å². The summed E-state index contributed by atoms with van der Waals surface area (Å²) in [6, 6.07) is 33.7. The molecule has 0 N–H and O–H groups in total. The summed E-state index contributed by atoms with van der Waals surface area (Å²) < 4.78 is 31.1. The molecule has 160 valence electrons.